The van der Waals surface area contributed by atoms with Gasteiger partial charge >= 0.3 is 0 Å². The highest BCUT2D eigenvalue weighted by molar-refractivity contribution is 7.22. The first-order valence-electron chi connectivity index (χ1n) is 11.7. The van der Waals surface area contributed by atoms with Gasteiger partial charge in [0, 0.05) is 18.0 Å². The number of nitrogen functional groups attached to an aromatic ring is 2. The number of fused-ring (bicyclic) bond motifs is 3. The van der Waals surface area contributed by atoms with E-state index in [1.165, 1.54) is 17.7 Å². The van der Waals surface area contributed by atoms with E-state index in [-0.39, 0.29) is 0 Å². The first kappa shape index (κ1) is 21.5. The Labute approximate surface area is 215 Å². The molecule has 0 radical (unpaired) electrons. The molecule has 180 valence electrons. The van der Waals surface area contributed by atoms with Crippen molar-refractivity contribution < 1.29 is 0 Å². The second-order valence-corrected chi connectivity index (χ2v) is 9.93. The van der Waals surface area contributed by atoms with E-state index < -0.39 is 0 Å². The summed E-state index contributed by atoms with van der Waals surface area (Å²) in [7, 11) is 0. The Morgan fingerprint density at radius 3 is 2.59 bits per heavy atom. The van der Waals surface area contributed by atoms with Crippen molar-refractivity contribution in [2.75, 3.05) is 11.5 Å². The number of hydrogen-bond acceptors (Lipinski definition) is 8. The van der Waals surface area contributed by atoms with Gasteiger partial charge in [-0.25, -0.2) is 24.6 Å². The summed E-state index contributed by atoms with van der Waals surface area (Å²) in [4.78, 5) is 17.7. The van der Waals surface area contributed by atoms with Crippen molar-refractivity contribution >= 4 is 54.3 Å². The zero-order valence-corrected chi connectivity index (χ0v) is 20.6. The van der Waals surface area contributed by atoms with Gasteiger partial charge < -0.3 is 16.0 Å². The van der Waals surface area contributed by atoms with Crippen molar-refractivity contribution in [3.05, 3.63) is 84.7 Å². The number of nitrogens with zero attached hydrogens (tertiary/aromatic N) is 7. The molecule has 0 bridgehead atoms. The lowest BCUT2D eigenvalue weighted by atomic mass is 10.0. The van der Waals surface area contributed by atoms with E-state index >= 15 is 0 Å². The monoisotopic (exact) mass is 503 g/mol. The van der Waals surface area contributed by atoms with Crippen molar-refractivity contribution in [2.24, 2.45) is 0 Å². The second kappa shape index (κ2) is 8.10. The predicted molar refractivity (Wildman–Crippen MR) is 148 cm³/mol. The van der Waals surface area contributed by atoms with Crippen molar-refractivity contribution in [2.45, 2.75) is 13.5 Å². The third-order valence-corrected chi connectivity index (χ3v) is 7.44. The fourth-order valence-electron chi connectivity index (χ4n) is 4.85. The van der Waals surface area contributed by atoms with Crippen LogP contribution in [0, 0.1) is 6.92 Å². The zero-order chi connectivity index (χ0) is 25.1. The molecule has 0 aliphatic rings. The van der Waals surface area contributed by atoms with Crippen LogP contribution in [-0.4, -0.2) is 34.3 Å². The molecule has 4 heterocycles. The molecule has 10 heteroatoms. The van der Waals surface area contributed by atoms with Crippen LogP contribution in [0.15, 0.2) is 73.3 Å². The Bertz CT molecular complexity index is 1960. The second-order valence-electron chi connectivity index (χ2n) is 8.87. The molecule has 9 nitrogen and oxygen atoms in total. The molecule has 4 aromatic heterocycles. The number of thiazole rings is 1. The molecule has 0 spiro atoms. The Morgan fingerprint density at radius 1 is 0.946 bits per heavy atom. The van der Waals surface area contributed by atoms with E-state index in [0.29, 0.717) is 23.1 Å². The van der Waals surface area contributed by atoms with Crippen molar-refractivity contribution in [3.63, 3.8) is 0 Å². The summed E-state index contributed by atoms with van der Waals surface area (Å²) in [6.07, 6.45) is 5.27. The lowest BCUT2D eigenvalue weighted by Gasteiger charge is -2.14. The van der Waals surface area contributed by atoms with Gasteiger partial charge in [0.2, 0.25) is 0 Å². The molecule has 0 saturated carbocycles. The van der Waals surface area contributed by atoms with Crippen molar-refractivity contribution in [3.8, 4) is 16.9 Å². The van der Waals surface area contributed by atoms with Gasteiger partial charge in [0.15, 0.2) is 10.8 Å². The summed E-state index contributed by atoms with van der Waals surface area (Å²) >= 11 is 1.44. The van der Waals surface area contributed by atoms with Crippen LogP contribution in [0.3, 0.4) is 0 Å². The summed E-state index contributed by atoms with van der Waals surface area (Å²) in [5.41, 5.74) is 17.6. The van der Waals surface area contributed by atoms with E-state index in [9.17, 15) is 0 Å². The number of anilines is 2. The maximum absolute atomic E-state index is 6.37. The topological polar surface area (TPSA) is 126 Å². The number of hydrogen-bond donors (Lipinski definition) is 2. The average molecular weight is 504 g/mol. The molecule has 0 aliphatic heterocycles. The summed E-state index contributed by atoms with van der Waals surface area (Å²) in [6, 6.07) is 18.7. The Hall–Kier alpha value is -4.83. The van der Waals surface area contributed by atoms with E-state index in [4.69, 9.17) is 16.6 Å². The molecule has 7 aromatic rings. The van der Waals surface area contributed by atoms with Gasteiger partial charge in [-0.05, 0) is 47.5 Å². The van der Waals surface area contributed by atoms with Crippen LogP contribution in [0.2, 0.25) is 0 Å². The third kappa shape index (κ3) is 3.49. The van der Waals surface area contributed by atoms with Crippen LogP contribution in [0.5, 0.6) is 0 Å². The average Bonchev–Trinajstić information content (AvgIpc) is 3.60. The Kier molecular flexibility index (Phi) is 4.70. The van der Waals surface area contributed by atoms with Gasteiger partial charge in [0.05, 0.1) is 27.8 Å². The molecule has 0 atom stereocenters. The number of aryl methyl sites for hydroxylation is 1. The normalized spacial score (nSPS) is 11.7. The van der Waals surface area contributed by atoms with E-state index in [1.807, 2.05) is 54.3 Å². The molecule has 0 amide bonds. The lowest BCUT2D eigenvalue weighted by molar-refractivity contribution is 0.702. The van der Waals surface area contributed by atoms with Crippen LogP contribution in [0.25, 0.3) is 49.0 Å². The van der Waals surface area contributed by atoms with Crippen molar-refractivity contribution in [1.29, 1.82) is 0 Å². The van der Waals surface area contributed by atoms with Crippen LogP contribution in [0.1, 0.15) is 11.4 Å². The van der Waals surface area contributed by atoms with Crippen molar-refractivity contribution in [1.82, 2.24) is 34.3 Å². The minimum absolute atomic E-state index is 0.388. The van der Waals surface area contributed by atoms with Crippen LogP contribution >= 0.6 is 11.3 Å². The Balaban J connectivity index is 1.43. The smallest absolute Gasteiger partial charge is 0.181 e. The first-order valence-corrected chi connectivity index (χ1v) is 12.5. The molecule has 0 saturated heterocycles. The van der Waals surface area contributed by atoms with E-state index in [2.05, 4.69) is 48.8 Å². The maximum atomic E-state index is 6.37. The van der Waals surface area contributed by atoms with Gasteiger partial charge in [-0.2, -0.15) is 5.10 Å². The Morgan fingerprint density at radius 2 is 1.78 bits per heavy atom. The fraction of sp³-hybridized carbons (Fsp3) is 0.0741. The summed E-state index contributed by atoms with van der Waals surface area (Å²) in [5.74, 6) is 1.30. The number of aromatic nitrogens is 7. The standard InChI is InChI=1S/C27H21N9S/c1-15-30-8-9-35(15)21-11-17-5-3-2-4-16(17)10-19(21)13-36-26-23(25(28)31-14-32-26)24(34-36)18-6-7-20-22(12-18)37-27(29)33-20/h2-12,14H,13H2,1H3,(H2,29,33)(H2,28,31,32). The lowest BCUT2D eigenvalue weighted by Crippen LogP contribution is -2.08. The van der Waals surface area contributed by atoms with E-state index in [1.54, 1.807) is 0 Å². The molecular formula is C27H21N9S. The predicted octanol–water partition coefficient (Wildman–Crippen LogP) is 4.96. The molecule has 0 unspecified atom stereocenters. The molecule has 37 heavy (non-hydrogen) atoms. The molecule has 0 fully saturated rings. The molecule has 4 N–H and O–H groups in total. The van der Waals surface area contributed by atoms with Crippen LogP contribution < -0.4 is 11.5 Å². The molecule has 7 rings (SSSR count). The molecular weight excluding hydrogens is 482 g/mol. The van der Waals surface area contributed by atoms with Gasteiger partial charge in [0.1, 0.15) is 23.7 Å². The van der Waals surface area contributed by atoms with Gasteiger partial charge in [-0.1, -0.05) is 41.7 Å². The highest BCUT2D eigenvalue weighted by atomic mass is 32.1. The van der Waals surface area contributed by atoms with Crippen LogP contribution in [-0.2, 0) is 6.54 Å². The summed E-state index contributed by atoms with van der Waals surface area (Å²) in [6.45, 7) is 2.48. The minimum atomic E-state index is 0.388. The zero-order valence-electron chi connectivity index (χ0n) is 19.8. The van der Waals surface area contributed by atoms with Gasteiger partial charge in [-0.3, -0.25) is 0 Å². The SMILES string of the molecule is Cc1nccn1-c1cc2ccccc2cc1Cn1nc(-c2ccc3nc(N)sc3c2)c2c(N)ncnc21. The summed E-state index contributed by atoms with van der Waals surface area (Å²) in [5, 5.41) is 8.58. The largest absolute Gasteiger partial charge is 0.383 e. The fourth-order valence-corrected chi connectivity index (χ4v) is 5.63. The molecule has 3 aromatic carbocycles. The minimum Gasteiger partial charge on any atom is -0.383 e. The highest BCUT2D eigenvalue weighted by Crippen LogP contribution is 2.34. The quantitative estimate of drug-likeness (QED) is 0.347. The summed E-state index contributed by atoms with van der Waals surface area (Å²) < 4.78 is 4.98. The van der Waals surface area contributed by atoms with Crippen LogP contribution in [0.4, 0.5) is 10.9 Å². The number of rotatable bonds is 4. The maximum Gasteiger partial charge on any atom is 0.181 e. The van der Waals surface area contributed by atoms with Gasteiger partial charge in [-0.15, -0.1) is 0 Å². The number of imidazole rings is 1. The van der Waals surface area contributed by atoms with Gasteiger partial charge in [0.25, 0.3) is 0 Å². The third-order valence-electron chi connectivity index (χ3n) is 6.59. The molecule has 0 aliphatic carbocycles. The number of benzene rings is 3. The number of nitrogens with two attached hydrogens (primary N) is 2. The highest BCUT2D eigenvalue weighted by Gasteiger charge is 2.19. The van der Waals surface area contributed by atoms with E-state index in [0.717, 1.165) is 54.7 Å². The first-order chi connectivity index (χ1) is 18.0.